The minimum Gasteiger partial charge on any atom is -0.394 e. The average molecular weight is 436 g/mol. The molecule has 1 aliphatic rings. The molecule has 1 aliphatic heterocycles. The molecule has 0 radical (unpaired) electrons. The fraction of sp³-hybridized carbons (Fsp3) is 0.300. The standard InChI is InChI=1S/C20H19Cl2N3O4/c21-12-3-10(4-13(22)6-12)8-23-20(28)11-1-2-14-15(5-11)25-19(24-14)17-7-16(27)18(9-26)29-17/h1-6,16-18,26-27H,7-9H2,(H,23,28)(H,24,25)/t16-,17+,18+/m0/s1. The Labute approximate surface area is 176 Å². The van der Waals surface area contributed by atoms with Crippen molar-refractivity contribution in [2.24, 2.45) is 0 Å². The van der Waals surface area contributed by atoms with E-state index < -0.39 is 18.3 Å². The zero-order valence-corrected chi connectivity index (χ0v) is 16.7. The Morgan fingerprint density at radius 3 is 2.69 bits per heavy atom. The number of aromatic amines is 1. The van der Waals surface area contributed by atoms with Gasteiger partial charge in [-0.1, -0.05) is 23.2 Å². The number of ether oxygens (including phenoxy) is 1. The lowest BCUT2D eigenvalue weighted by Crippen LogP contribution is -2.24. The molecule has 4 N–H and O–H groups in total. The van der Waals surface area contributed by atoms with Crippen LogP contribution < -0.4 is 5.32 Å². The van der Waals surface area contributed by atoms with Crippen molar-refractivity contribution < 1.29 is 19.7 Å². The third-order valence-electron chi connectivity index (χ3n) is 4.85. The van der Waals surface area contributed by atoms with Gasteiger partial charge in [0.25, 0.3) is 5.91 Å². The Balaban J connectivity index is 1.47. The Hall–Kier alpha value is -2.16. The first-order chi connectivity index (χ1) is 13.9. The fourth-order valence-electron chi connectivity index (χ4n) is 3.39. The van der Waals surface area contributed by atoms with Crippen LogP contribution in [0, 0.1) is 0 Å². The van der Waals surface area contributed by atoms with Crippen molar-refractivity contribution in [3.05, 3.63) is 63.4 Å². The Kier molecular flexibility index (Phi) is 5.76. The number of aliphatic hydroxyl groups excluding tert-OH is 2. The summed E-state index contributed by atoms with van der Waals surface area (Å²) in [6, 6.07) is 10.3. The summed E-state index contributed by atoms with van der Waals surface area (Å²) in [5, 5.41) is 23.0. The molecule has 3 aromatic rings. The van der Waals surface area contributed by atoms with Gasteiger partial charge in [-0.3, -0.25) is 4.79 Å². The van der Waals surface area contributed by atoms with Crippen LogP contribution in [0.15, 0.2) is 36.4 Å². The zero-order valence-electron chi connectivity index (χ0n) is 15.2. The van der Waals surface area contributed by atoms with E-state index in [0.29, 0.717) is 45.4 Å². The van der Waals surface area contributed by atoms with E-state index in [4.69, 9.17) is 27.9 Å². The van der Waals surface area contributed by atoms with E-state index in [1.165, 1.54) is 0 Å². The molecule has 3 atom stereocenters. The number of carbonyl (C=O) groups is 1. The second-order valence-electron chi connectivity index (χ2n) is 6.96. The summed E-state index contributed by atoms with van der Waals surface area (Å²) in [4.78, 5) is 20.1. The number of nitrogens with zero attached hydrogens (tertiary/aromatic N) is 1. The summed E-state index contributed by atoms with van der Waals surface area (Å²) in [7, 11) is 0. The van der Waals surface area contributed by atoms with E-state index in [1.807, 2.05) is 0 Å². The maximum Gasteiger partial charge on any atom is 0.251 e. The van der Waals surface area contributed by atoms with Gasteiger partial charge >= 0.3 is 0 Å². The van der Waals surface area contributed by atoms with E-state index in [-0.39, 0.29) is 12.5 Å². The highest BCUT2D eigenvalue weighted by Gasteiger charge is 2.35. The van der Waals surface area contributed by atoms with Crippen LogP contribution in [0.25, 0.3) is 11.0 Å². The molecule has 1 amide bonds. The first-order valence-electron chi connectivity index (χ1n) is 9.10. The van der Waals surface area contributed by atoms with Crippen LogP contribution >= 0.6 is 23.2 Å². The number of halogens is 2. The molecule has 2 heterocycles. The van der Waals surface area contributed by atoms with Crippen LogP contribution in [-0.4, -0.2) is 44.9 Å². The number of aliphatic hydroxyl groups is 2. The molecule has 152 valence electrons. The summed E-state index contributed by atoms with van der Waals surface area (Å²) < 4.78 is 5.63. The lowest BCUT2D eigenvalue weighted by molar-refractivity contribution is -0.0244. The zero-order chi connectivity index (χ0) is 20.5. The van der Waals surface area contributed by atoms with Crippen molar-refractivity contribution in [2.45, 2.75) is 31.3 Å². The van der Waals surface area contributed by atoms with Gasteiger partial charge in [-0.25, -0.2) is 4.98 Å². The van der Waals surface area contributed by atoms with Gasteiger partial charge in [-0.2, -0.15) is 0 Å². The number of fused-ring (bicyclic) bond motifs is 1. The van der Waals surface area contributed by atoms with E-state index >= 15 is 0 Å². The second kappa shape index (κ2) is 8.30. The first-order valence-corrected chi connectivity index (χ1v) is 9.86. The number of H-pyrrole nitrogens is 1. The minimum atomic E-state index is -0.737. The van der Waals surface area contributed by atoms with Gasteiger partial charge in [-0.05, 0) is 42.0 Å². The highest BCUT2D eigenvalue weighted by atomic mass is 35.5. The fourth-order valence-corrected chi connectivity index (χ4v) is 3.96. The highest BCUT2D eigenvalue weighted by Crippen LogP contribution is 2.32. The quantitative estimate of drug-likeness (QED) is 0.492. The third kappa shape index (κ3) is 4.39. The van der Waals surface area contributed by atoms with Gasteiger partial charge in [0, 0.05) is 28.6 Å². The summed E-state index contributed by atoms with van der Waals surface area (Å²) in [6.07, 6.45) is -1.44. The highest BCUT2D eigenvalue weighted by molar-refractivity contribution is 6.34. The Bertz CT molecular complexity index is 1040. The van der Waals surface area contributed by atoms with Crippen molar-refractivity contribution in [2.75, 3.05) is 6.61 Å². The molecule has 0 unspecified atom stereocenters. The molecule has 9 heteroatoms. The minimum absolute atomic E-state index is 0.243. The summed E-state index contributed by atoms with van der Waals surface area (Å²) in [5.74, 6) is 0.313. The lowest BCUT2D eigenvalue weighted by atomic mass is 10.1. The molecule has 4 rings (SSSR count). The predicted molar refractivity (Wildman–Crippen MR) is 109 cm³/mol. The van der Waals surface area contributed by atoms with E-state index in [9.17, 15) is 15.0 Å². The lowest BCUT2D eigenvalue weighted by Gasteiger charge is -2.09. The maximum atomic E-state index is 12.5. The van der Waals surface area contributed by atoms with E-state index in [1.54, 1.807) is 36.4 Å². The van der Waals surface area contributed by atoms with Crippen LogP contribution in [0.4, 0.5) is 0 Å². The van der Waals surface area contributed by atoms with Gasteiger partial charge in [0.05, 0.1) is 23.7 Å². The molecule has 1 aromatic heterocycles. The number of hydrogen-bond donors (Lipinski definition) is 4. The number of benzene rings is 2. The monoisotopic (exact) mass is 435 g/mol. The van der Waals surface area contributed by atoms with Gasteiger partial charge < -0.3 is 25.3 Å². The molecule has 1 saturated heterocycles. The third-order valence-corrected chi connectivity index (χ3v) is 5.28. The van der Waals surface area contributed by atoms with Crippen LogP contribution in [0.5, 0.6) is 0 Å². The van der Waals surface area contributed by atoms with Crippen molar-refractivity contribution >= 4 is 40.1 Å². The predicted octanol–water partition coefficient (Wildman–Crippen LogP) is 2.98. The molecule has 0 bridgehead atoms. The van der Waals surface area contributed by atoms with Crippen LogP contribution in [0.2, 0.25) is 10.0 Å². The first kappa shape index (κ1) is 20.1. The summed E-state index contributed by atoms with van der Waals surface area (Å²) >= 11 is 12.0. The molecule has 29 heavy (non-hydrogen) atoms. The number of aromatic nitrogens is 2. The molecule has 7 nitrogen and oxygen atoms in total. The average Bonchev–Trinajstić information content (AvgIpc) is 3.27. The number of rotatable bonds is 5. The summed E-state index contributed by atoms with van der Waals surface area (Å²) in [6.45, 7) is 0.0434. The number of carbonyl (C=O) groups excluding carboxylic acids is 1. The smallest absolute Gasteiger partial charge is 0.251 e. The van der Waals surface area contributed by atoms with Crippen LogP contribution in [-0.2, 0) is 11.3 Å². The Morgan fingerprint density at radius 1 is 1.24 bits per heavy atom. The normalized spacial score (nSPS) is 21.6. The largest absolute Gasteiger partial charge is 0.394 e. The van der Waals surface area contributed by atoms with Crippen molar-refractivity contribution in [3.8, 4) is 0 Å². The summed E-state index contributed by atoms with van der Waals surface area (Å²) in [5.41, 5.74) is 2.64. The molecule has 2 aromatic carbocycles. The number of nitrogens with one attached hydrogen (secondary N) is 2. The van der Waals surface area contributed by atoms with Gasteiger partial charge in [0.1, 0.15) is 18.0 Å². The van der Waals surface area contributed by atoms with Gasteiger partial charge in [0.2, 0.25) is 0 Å². The van der Waals surface area contributed by atoms with Crippen molar-refractivity contribution in [1.82, 2.24) is 15.3 Å². The topological polar surface area (TPSA) is 107 Å². The van der Waals surface area contributed by atoms with Gasteiger partial charge in [-0.15, -0.1) is 0 Å². The van der Waals surface area contributed by atoms with E-state index in [0.717, 1.165) is 5.56 Å². The molecular weight excluding hydrogens is 417 g/mol. The number of imidazole rings is 1. The molecule has 0 saturated carbocycles. The molecule has 1 fully saturated rings. The molecule has 0 aliphatic carbocycles. The molecular formula is C20H19Cl2N3O4. The second-order valence-corrected chi connectivity index (χ2v) is 7.84. The van der Waals surface area contributed by atoms with Crippen LogP contribution in [0.1, 0.15) is 34.3 Å². The van der Waals surface area contributed by atoms with Gasteiger partial charge in [0.15, 0.2) is 0 Å². The van der Waals surface area contributed by atoms with Crippen molar-refractivity contribution in [3.63, 3.8) is 0 Å². The maximum absolute atomic E-state index is 12.5. The number of hydrogen-bond acceptors (Lipinski definition) is 5. The van der Waals surface area contributed by atoms with E-state index in [2.05, 4.69) is 15.3 Å². The SMILES string of the molecule is O=C(NCc1cc(Cl)cc(Cl)c1)c1ccc2nc([C@H]3C[C@H](O)[C@@H](CO)O3)[nH]c2c1. The Morgan fingerprint density at radius 2 is 2.00 bits per heavy atom. The number of amides is 1. The van der Waals surface area contributed by atoms with Crippen LogP contribution in [0.3, 0.4) is 0 Å². The molecule has 0 spiro atoms. The van der Waals surface area contributed by atoms with Crippen molar-refractivity contribution in [1.29, 1.82) is 0 Å².